The van der Waals surface area contributed by atoms with Crippen molar-refractivity contribution in [2.75, 3.05) is 4.90 Å². The van der Waals surface area contributed by atoms with Crippen LogP contribution < -0.4 is 4.90 Å². The lowest BCUT2D eigenvalue weighted by atomic mass is 9.70. The van der Waals surface area contributed by atoms with Gasteiger partial charge in [-0.25, -0.2) is 0 Å². The molecule has 2 aliphatic rings. The fraction of sp³-hybridized carbons (Fsp3) is 0.0169. The van der Waals surface area contributed by atoms with E-state index in [1.54, 1.807) is 11.3 Å². The summed E-state index contributed by atoms with van der Waals surface area (Å²) in [7, 11) is 0. The Bertz CT molecular complexity index is 3710. The summed E-state index contributed by atoms with van der Waals surface area (Å²) in [5, 5.41) is 4.28. The van der Waals surface area contributed by atoms with Gasteiger partial charge in [0.25, 0.3) is 0 Å². The molecule has 0 saturated carbocycles. The highest BCUT2D eigenvalue weighted by Gasteiger charge is 2.51. The van der Waals surface area contributed by atoms with E-state index < -0.39 is 5.41 Å². The standard InChI is InChI=1S/C59H37NS/c1-2-18-44-38(14-1)15-12-23-45(44)39-30-32-41(33-31-39)60(42-17-11-16-40(36-42)46-24-13-25-52-51-22-6-10-29-57(51)61-58(46)52)43-34-35-50-49-21-5-9-28-55(49)59(56(50)37-43)53-26-7-3-19-47(53)48-20-4-8-27-54(48)59/h1-37H/i30D,31D,32D,33D. The van der Waals surface area contributed by atoms with Gasteiger partial charge in [0.1, 0.15) is 0 Å². The van der Waals surface area contributed by atoms with E-state index in [2.05, 4.69) is 146 Å². The quantitative estimate of drug-likeness (QED) is 0.168. The van der Waals surface area contributed by atoms with Gasteiger partial charge < -0.3 is 4.90 Å². The second-order valence-electron chi connectivity index (χ2n) is 16.0. The van der Waals surface area contributed by atoms with Gasteiger partial charge in [0.2, 0.25) is 0 Å². The van der Waals surface area contributed by atoms with Crippen molar-refractivity contribution in [3.05, 3.63) is 247 Å². The second kappa shape index (κ2) is 13.2. The molecule has 0 N–H and O–H groups in total. The highest BCUT2D eigenvalue weighted by Crippen LogP contribution is 2.63. The van der Waals surface area contributed by atoms with Gasteiger partial charge in [-0.05, 0) is 120 Å². The lowest BCUT2D eigenvalue weighted by molar-refractivity contribution is 0.793. The van der Waals surface area contributed by atoms with E-state index in [4.69, 9.17) is 0 Å². The smallest absolute Gasteiger partial charge is 0.0726 e. The van der Waals surface area contributed by atoms with Crippen LogP contribution in [-0.2, 0) is 5.41 Å². The molecule has 1 nitrogen and oxygen atoms in total. The number of anilines is 3. The zero-order valence-electron chi connectivity index (χ0n) is 36.9. The van der Waals surface area contributed by atoms with E-state index in [0.717, 1.165) is 44.4 Å². The van der Waals surface area contributed by atoms with Crippen molar-refractivity contribution >= 4 is 59.3 Å². The van der Waals surface area contributed by atoms with Crippen LogP contribution in [-0.4, -0.2) is 0 Å². The van der Waals surface area contributed by atoms with Crippen LogP contribution in [0, 0.1) is 0 Å². The fourth-order valence-electron chi connectivity index (χ4n) is 10.4. The molecule has 10 aromatic carbocycles. The first-order chi connectivity index (χ1) is 31.9. The third kappa shape index (κ3) is 4.94. The molecule has 1 heterocycles. The Labute approximate surface area is 364 Å². The molecule has 2 heteroatoms. The Morgan fingerprint density at radius 2 is 0.902 bits per heavy atom. The van der Waals surface area contributed by atoms with E-state index in [1.165, 1.54) is 53.6 Å². The molecule has 11 aromatic rings. The molecule has 1 aromatic heterocycles. The molecule has 0 unspecified atom stereocenters. The fourth-order valence-corrected chi connectivity index (χ4v) is 11.7. The van der Waals surface area contributed by atoms with Gasteiger partial charge in [0, 0.05) is 37.2 Å². The molecule has 0 aliphatic heterocycles. The normalized spacial score (nSPS) is 14.0. The summed E-state index contributed by atoms with van der Waals surface area (Å²) < 4.78 is 41.7. The zero-order chi connectivity index (χ0) is 43.6. The highest BCUT2D eigenvalue weighted by molar-refractivity contribution is 7.26. The van der Waals surface area contributed by atoms with Crippen LogP contribution in [0.2, 0.25) is 0 Å². The Kier molecular flexibility index (Phi) is 6.62. The number of thiophene rings is 1. The van der Waals surface area contributed by atoms with Gasteiger partial charge in [-0.2, -0.15) is 0 Å². The zero-order valence-corrected chi connectivity index (χ0v) is 33.7. The Morgan fingerprint density at radius 3 is 1.66 bits per heavy atom. The number of fused-ring (bicyclic) bond motifs is 14. The summed E-state index contributed by atoms with van der Waals surface area (Å²) in [5.74, 6) is 0. The van der Waals surface area contributed by atoms with E-state index in [1.807, 2.05) is 59.5 Å². The molecule has 61 heavy (non-hydrogen) atoms. The largest absolute Gasteiger partial charge is 0.310 e. The van der Waals surface area contributed by atoms with Gasteiger partial charge in [-0.1, -0.05) is 182 Å². The number of benzene rings is 10. The summed E-state index contributed by atoms with van der Waals surface area (Å²) in [4.78, 5) is 1.96. The minimum atomic E-state index is -0.619. The molecule has 0 radical (unpaired) electrons. The first kappa shape index (κ1) is 30.5. The monoisotopic (exact) mass is 795 g/mol. The Hall–Kier alpha value is -7.52. The number of rotatable bonds is 5. The topological polar surface area (TPSA) is 3.24 Å². The van der Waals surface area contributed by atoms with Crippen molar-refractivity contribution in [1.29, 1.82) is 0 Å². The molecule has 0 fully saturated rings. The molecular formula is C59H37NS. The van der Waals surface area contributed by atoms with Crippen LogP contribution in [0.15, 0.2) is 224 Å². The van der Waals surface area contributed by atoms with Crippen LogP contribution in [0.4, 0.5) is 17.1 Å². The molecular weight excluding hydrogens is 755 g/mol. The SMILES string of the molecule is [2H]c1c([2H])c(N(c2cccc(-c3cccc4c3sc3ccccc34)c2)c2ccc3c(c2)C2(c4ccccc4-c4ccccc42)c2ccccc2-3)c([2H])c([2H])c1-c1cccc2ccccc12. The van der Waals surface area contributed by atoms with Crippen LogP contribution in [0.1, 0.15) is 27.7 Å². The van der Waals surface area contributed by atoms with Gasteiger partial charge in [0.15, 0.2) is 0 Å². The molecule has 0 atom stereocenters. The first-order valence-corrected chi connectivity index (χ1v) is 21.6. The molecule has 0 amide bonds. The second-order valence-corrected chi connectivity index (χ2v) is 17.1. The van der Waals surface area contributed by atoms with Crippen molar-refractivity contribution in [3.8, 4) is 44.5 Å². The Morgan fingerprint density at radius 1 is 0.361 bits per heavy atom. The number of nitrogens with zero attached hydrogens (tertiary/aromatic N) is 1. The summed E-state index contributed by atoms with van der Waals surface area (Å²) >= 11 is 1.78. The van der Waals surface area contributed by atoms with Gasteiger partial charge in [0.05, 0.1) is 10.9 Å². The summed E-state index contributed by atoms with van der Waals surface area (Å²) in [6.07, 6.45) is 0. The lowest BCUT2D eigenvalue weighted by Gasteiger charge is -2.32. The summed E-state index contributed by atoms with van der Waals surface area (Å²) in [6, 6.07) is 69.4. The van der Waals surface area contributed by atoms with Crippen molar-refractivity contribution < 1.29 is 5.48 Å². The molecule has 13 rings (SSSR count). The van der Waals surface area contributed by atoms with Crippen molar-refractivity contribution in [1.82, 2.24) is 0 Å². The van der Waals surface area contributed by atoms with E-state index in [9.17, 15) is 5.48 Å². The molecule has 2 aliphatic carbocycles. The van der Waals surface area contributed by atoms with Crippen molar-refractivity contribution in [2.45, 2.75) is 5.41 Å². The maximum Gasteiger partial charge on any atom is 0.0726 e. The number of hydrogen-bond donors (Lipinski definition) is 0. The summed E-state index contributed by atoms with van der Waals surface area (Å²) in [6.45, 7) is 0. The third-order valence-corrected chi connectivity index (χ3v) is 14.2. The minimum Gasteiger partial charge on any atom is -0.310 e. The minimum absolute atomic E-state index is 0.0859. The van der Waals surface area contributed by atoms with Crippen molar-refractivity contribution in [2.24, 2.45) is 0 Å². The van der Waals surface area contributed by atoms with E-state index >= 15 is 0 Å². The first-order valence-electron chi connectivity index (χ1n) is 22.8. The molecule has 1 spiro atoms. The van der Waals surface area contributed by atoms with Crippen LogP contribution in [0.3, 0.4) is 0 Å². The molecule has 284 valence electrons. The average molecular weight is 796 g/mol. The van der Waals surface area contributed by atoms with Gasteiger partial charge in [-0.3, -0.25) is 0 Å². The van der Waals surface area contributed by atoms with Crippen LogP contribution >= 0.6 is 11.3 Å². The molecule has 0 bridgehead atoms. The van der Waals surface area contributed by atoms with Gasteiger partial charge >= 0.3 is 0 Å². The lowest BCUT2D eigenvalue weighted by Crippen LogP contribution is -2.26. The summed E-state index contributed by atoms with van der Waals surface area (Å²) in [5.41, 5.74) is 13.6. The third-order valence-electron chi connectivity index (χ3n) is 13.0. The van der Waals surface area contributed by atoms with Gasteiger partial charge in [-0.15, -0.1) is 11.3 Å². The predicted molar refractivity (Wildman–Crippen MR) is 259 cm³/mol. The average Bonchev–Trinajstić information content (AvgIpc) is 3.99. The maximum atomic E-state index is 9.93. The van der Waals surface area contributed by atoms with E-state index in [-0.39, 0.29) is 35.4 Å². The van der Waals surface area contributed by atoms with E-state index in [0.29, 0.717) is 5.56 Å². The Balaban J connectivity index is 1.09. The maximum absolute atomic E-state index is 9.93. The molecule has 0 saturated heterocycles. The van der Waals surface area contributed by atoms with Crippen LogP contribution in [0.25, 0.3) is 75.5 Å². The number of hydrogen-bond acceptors (Lipinski definition) is 2. The van der Waals surface area contributed by atoms with Crippen molar-refractivity contribution in [3.63, 3.8) is 0 Å². The predicted octanol–water partition coefficient (Wildman–Crippen LogP) is 16.4. The highest BCUT2D eigenvalue weighted by atomic mass is 32.1. The van der Waals surface area contributed by atoms with Crippen LogP contribution in [0.5, 0.6) is 0 Å².